The Kier molecular flexibility index (Phi) is 7.61. The number of rotatable bonds is 9. The van der Waals surface area contributed by atoms with Crippen molar-refractivity contribution in [3.8, 4) is 5.75 Å². The van der Waals surface area contributed by atoms with Crippen LogP contribution in [0.15, 0.2) is 36.4 Å². The number of aryl methyl sites for hydroxylation is 2. The highest BCUT2D eigenvalue weighted by molar-refractivity contribution is 7.92. The number of non-ortho nitro benzene ring substituents is 1. The Bertz CT molecular complexity index is 1080. The first-order valence-electron chi connectivity index (χ1n) is 9.64. The minimum absolute atomic E-state index is 0.0974. The zero-order chi connectivity index (χ0) is 23.3. The smallest absolute Gasteiger partial charge is 0.271 e. The average Bonchev–Trinajstić information content (AvgIpc) is 2.69. The van der Waals surface area contributed by atoms with Gasteiger partial charge in [-0.3, -0.25) is 19.2 Å². The molecule has 9 nitrogen and oxygen atoms in total. The van der Waals surface area contributed by atoms with E-state index in [-0.39, 0.29) is 17.4 Å². The zero-order valence-electron chi connectivity index (χ0n) is 18.2. The number of nitrogens with one attached hydrogen (secondary N) is 1. The van der Waals surface area contributed by atoms with Crippen molar-refractivity contribution in [1.82, 2.24) is 5.32 Å². The Morgan fingerprint density at radius 2 is 1.87 bits per heavy atom. The van der Waals surface area contributed by atoms with Crippen LogP contribution in [0, 0.1) is 24.0 Å². The number of nitrogens with zero attached hydrogens (tertiary/aromatic N) is 2. The number of amides is 1. The minimum Gasteiger partial charge on any atom is -0.496 e. The van der Waals surface area contributed by atoms with Crippen molar-refractivity contribution in [1.29, 1.82) is 0 Å². The summed E-state index contributed by atoms with van der Waals surface area (Å²) in [5.74, 6) is 0.214. The molecule has 0 bridgehead atoms. The third-order valence-corrected chi connectivity index (χ3v) is 6.05. The fourth-order valence-corrected chi connectivity index (χ4v) is 4.18. The van der Waals surface area contributed by atoms with Crippen LogP contribution < -0.4 is 14.4 Å². The summed E-state index contributed by atoms with van der Waals surface area (Å²) in [6.45, 7) is 4.94. The van der Waals surface area contributed by atoms with Gasteiger partial charge in [-0.1, -0.05) is 25.1 Å². The van der Waals surface area contributed by atoms with Crippen LogP contribution in [0.5, 0.6) is 5.75 Å². The summed E-state index contributed by atoms with van der Waals surface area (Å²) in [6.07, 6.45) is 1.55. The molecule has 1 N–H and O–H groups in total. The topological polar surface area (TPSA) is 119 Å². The number of nitro groups is 1. The molecule has 10 heteroatoms. The summed E-state index contributed by atoms with van der Waals surface area (Å²) < 4.78 is 31.0. The van der Waals surface area contributed by atoms with Crippen molar-refractivity contribution in [2.45, 2.75) is 33.2 Å². The summed E-state index contributed by atoms with van der Waals surface area (Å²) >= 11 is 0. The van der Waals surface area contributed by atoms with Gasteiger partial charge in [-0.25, -0.2) is 8.42 Å². The van der Waals surface area contributed by atoms with Crippen LogP contribution in [-0.4, -0.2) is 39.2 Å². The molecule has 0 aliphatic heterocycles. The van der Waals surface area contributed by atoms with Crippen molar-refractivity contribution in [3.63, 3.8) is 0 Å². The molecule has 0 fully saturated rings. The standard InChI is InChI=1S/C21H27N3O6S/c1-6-18(16-8-10-20(30-4)15(3)11-16)22-21(25)13-23(31(5,28)29)19-12-17(24(26)27)9-7-14(19)2/h7-12,18H,6,13H2,1-5H3,(H,22,25). The van der Waals surface area contributed by atoms with Gasteiger partial charge in [0.2, 0.25) is 15.9 Å². The molecule has 0 saturated carbocycles. The molecule has 0 aliphatic carbocycles. The van der Waals surface area contributed by atoms with Crippen LogP contribution in [0.25, 0.3) is 0 Å². The molecule has 0 aliphatic rings. The Morgan fingerprint density at radius 1 is 1.19 bits per heavy atom. The maximum atomic E-state index is 12.8. The van der Waals surface area contributed by atoms with Gasteiger partial charge in [0.15, 0.2) is 0 Å². The Hall–Kier alpha value is -3.14. The lowest BCUT2D eigenvalue weighted by molar-refractivity contribution is -0.384. The van der Waals surface area contributed by atoms with Gasteiger partial charge in [0.25, 0.3) is 5.69 Å². The molecule has 0 heterocycles. The molecule has 2 aromatic carbocycles. The van der Waals surface area contributed by atoms with E-state index in [1.165, 1.54) is 12.1 Å². The van der Waals surface area contributed by atoms with E-state index in [1.54, 1.807) is 14.0 Å². The lowest BCUT2D eigenvalue weighted by Crippen LogP contribution is -2.41. The zero-order valence-corrected chi connectivity index (χ0v) is 19.0. The van der Waals surface area contributed by atoms with Crippen LogP contribution in [0.1, 0.15) is 36.1 Å². The van der Waals surface area contributed by atoms with E-state index in [4.69, 9.17) is 4.74 Å². The molecule has 0 saturated heterocycles. The SMILES string of the molecule is CCC(NC(=O)CN(c1cc([N+](=O)[O-])ccc1C)S(C)(=O)=O)c1ccc(OC)c(C)c1. The van der Waals surface area contributed by atoms with Crippen LogP contribution in [0.4, 0.5) is 11.4 Å². The molecule has 1 atom stereocenters. The van der Waals surface area contributed by atoms with Crippen molar-refractivity contribution in [3.05, 3.63) is 63.2 Å². The average molecular weight is 450 g/mol. The Labute approximate surface area is 182 Å². The summed E-state index contributed by atoms with van der Waals surface area (Å²) in [7, 11) is -2.29. The van der Waals surface area contributed by atoms with Crippen molar-refractivity contribution >= 4 is 27.3 Å². The van der Waals surface area contributed by atoms with Gasteiger partial charge in [0.1, 0.15) is 12.3 Å². The molecule has 2 aromatic rings. The fraction of sp³-hybridized carbons (Fsp3) is 0.381. The van der Waals surface area contributed by atoms with Gasteiger partial charge in [0, 0.05) is 12.1 Å². The largest absolute Gasteiger partial charge is 0.496 e. The predicted octanol–water partition coefficient (Wildman–Crippen LogP) is 3.25. The molecule has 0 radical (unpaired) electrons. The summed E-state index contributed by atoms with van der Waals surface area (Å²) in [6, 6.07) is 9.15. The van der Waals surface area contributed by atoms with E-state index in [0.717, 1.165) is 33.5 Å². The molecule has 1 unspecified atom stereocenters. The number of benzene rings is 2. The lowest BCUT2D eigenvalue weighted by Gasteiger charge is -2.25. The van der Waals surface area contributed by atoms with E-state index in [0.29, 0.717) is 12.0 Å². The monoisotopic (exact) mass is 449 g/mol. The third-order valence-electron chi connectivity index (χ3n) is 4.92. The third kappa shape index (κ3) is 5.94. The first-order valence-corrected chi connectivity index (χ1v) is 11.5. The second-order valence-corrected chi connectivity index (χ2v) is 9.16. The van der Waals surface area contributed by atoms with Crippen LogP contribution in [0.3, 0.4) is 0 Å². The molecular formula is C21H27N3O6S. The number of ether oxygens (including phenoxy) is 1. The first-order chi connectivity index (χ1) is 14.5. The maximum absolute atomic E-state index is 12.8. The van der Waals surface area contributed by atoms with Gasteiger partial charge >= 0.3 is 0 Å². The number of carbonyl (C=O) groups excluding carboxylic acids is 1. The fourth-order valence-electron chi connectivity index (χ4n) is 3.27. The van der Waals surface area contributed by atoms with Crippen LogP contribution in [-0.2, 0) is 14.8 Å². The number of nitro benzene ring substituents is 1. The first kappa shape index (κ1) is 24.1. The molecule has 0 aromatic heterocycles. The second-order valence-electron chi connectivity index (χ2n) is 7.25. The molecule has 168 valence electrons. The quantitative estimate of drug-likeness (QED) is 0.464. The predicted molar refractivity (Wildman–Crippen MR) is 119 cm³/mol. The van der Waals surface area contributed by atoms with Crippen LogP contribution in [0.2, 0.25) is 0 Å². The van der Waals surface area contributed by atoms with Crippen molar-refractivity contribution in [2.75, 3.05) is 24.2 Å². The molecule has 2 rings (SSSR count). The normalized spacial score (nSPS) is 12.2. The number of anilines is 1. The van der Waals surface area contributed by atoms with Gasteiger partial charge in [0.05, 0.1) is 30.0 Å². The summed E-state index contributed by atoms with van der Waals surface area (Å²) in [4.78, 5) is 23.3. The van der Waals surface area contributed by atoms with Crippen molar-refractivity contribution < 1.29 is 22.9 Å². The van der Waals surface area contributed by atoms with Gasteiger partial charge < -0.3 is 10.1 Å². The molecule has 31 heavy (non-hydrogen) atoms. The van der Waals surface area contributed by atoms with Gasteiger partial charge in [-0.15, -0.1) is 0 Å². The number of hydrogen-bond acceptors (Lipinski definition) is 6. The van der Waals surface area contributed by atoms with E-state index in [2.05, 4.69) is 5.32 Å². The number of methoxy groups -OCH3 is 1. The van der Waals surface area contributed by atoms with E-state index in [1.807, 2.05) is 32.0 Å². The van der Waals surface area contributed by atoms with E-state index >= 15 is 0 Å². The van der Waals surface area contributed by atoms with Crippen molar-refractivity contribution in [2.24, 2.45) is 0 Å². The minimum atomic E-state index is -3.87. The molecular weight excluding hydrogens is 422 g/mol. The number of sulfonamides is 1. The summed E-state index contributed by atoms with van der Waals surface area (Å²) in [5, 5.41) is 14.0. The lowest BCUT2D eigenvalue weighted by atomic mass is 10.0. The highest BCUT2D eigenvalue weighted by Gasteiger charge is 2.25. The van der Waals surface area contributed by atoms with Crippen LogP contribution >= 0.6 is 0 Å². The Morgan fingerprint density at radius 3 is 2.39 bits per heavy atom. The Balaban J connectivity index is 2.30. The van der Waals surface area contributed by atoms with Gasteiger partial charge in [-0.05, 0) is 43.0 Å². The van der Waals surface area contributed by atoms with E-state index in [9.17, 15) is 23.3 Å². The highest BCUT2D eigenvalue weighted by Crippen LogP contribution is 2.28. The summed E-state index contributed by atoms with van der Waals surface area (Å²) in [5.41, 5.74) is 2.13. The highest BCUT2D eigenvalue weighted by atomic mass is 32.2. The second kappa shape index (κ2) is 9.78. The number of hydrogen-bond donors (Lipinski definition) is 1. The molecule has 0 spiro atoms. The van der Waals surface area contributed by atoms with E-state index < -0.39 is 27.4 Å². The van der Waals surface area contributed by atoms with Gasteiger partial charge in [-0.2, -0.15) is 0 Å². The molecule has 1 amide bonds. The maximum Gasteiger partial charge on any atom is 0.271 e. The number of carbonyl (C=O) groups is 1.